The molecule has 0 aromatic heterocycles. The normalized spacial score (nSPS) is 18.5. The fourth-order valence-electron chi connectivity index (χ4n) is 1.79. The van der Waals surface area contributed by atoms with Gasteiger partial charge in [-0.1, -0.05) is 6.07 Å². The summed E-state index contributed by atoms with van der Waals surface area (Å²) in [6, 6.07) is 6.96. The van der Waals surface area contributed by atoms with Crippen LogP contribution in [-0.2, 0) is 4.74 Å². The average Bonchev–Trinajstić information content (AvgIpc) is 2.78. The second-order valence-electron chi connectivity index (χ2n) is 3.97. The van der Waals surface area contributed by atoms with Gasteiger partial charge < -0.3 is 15.8 Å². The minimum atomic E-state index is -0.0946. The Kier molecular flexibility index (Phi) is 5.25. The molecule has 2 rings (SSSR count). The summed E-state index contributed by atoms with van der Waals surface area (Å²) >= 11 is 0. The molecule has 0 bridgehead atoms. The Morgan fingerprint density at radius 1 is 1.53 bits per heavy atom. The molecule has 1 atom stereocenters. The largest absolute Gasteiger partial charge is 0.399 e. The summed E-state index contributed by atoms with van der Waals surface area (Å²) in [6.07, 6.45) is 2.28. The zero-order valence-electron chi connectivity index (χ0n) is 9.52. The van der Waals surface area contributed by atoms with E-state index in [4.69, 9.17) is 10.5 Å². The van der Waals surface area contributed by atoms with Crippen molar-refractivity contribution in [1.29, 1.82) is 0 Å². The number of hydrogen-bond donors (Lipinski definition) is 2. The molecule has 1 aromatic rings. The summed E-state index contributed by atoms with van der Waals surface area (Å²) in [5, 5.41) is 2.85. The topological polar surface area (TPSA) is 64.4 Å². The summed E-state index contributed by atoms with van der Waals surface area (Å²) in [4.78, 5) is 11.7. The summed E-state index contributed by atoms with van der Waals surface area (Å²) in [7, 11) is 0. The van der Waals surface area contributed by atoms with Crippen molar-refractivity contribution in [3.8, 4) is 0 Å². The maximum absolute atomic E-state index is 11.7. The first-order valence-corrected chi connectivity index (χ1v) is 5.51. The molecule has 0 saturated carbocycles. The fraction of sp³-hybridized carbons (Fsp3) is 0.417. The highest BCUT2D eigenvalue weighted by molar-refractivity contribution is 5.94. The van der Waals surface area contributed by atoms with Gasteiger partial charge in [0.1, 0.15) is 0 Å². The van der Waals surface area contributed by atoms with Gasteiger partial charge in [0.15, 0.2) is 0 Å². The highest BCUT2D eigenvalue weighted by Gasteiger charge is 2.16. The van der Waals surface area contributed by atoms with Crippen molar-refractivity contribution in [1.82, 2.24) is 5.32 Å². The molecule has 17 heavy (non-hydrogen) atoms. The molecular weight excluding hydrogens is 240 g/mol. The van der Waals surface area contributed by atoms with Crippen molar-refractivity contribution in [3.05, 3.63) is 29.8 Å². The highest BCUT2D eigenvalue weighted by atomic mass is 35.5. The molecule has 4 nitrogen and oxygen atoms in total. The molecular formula is C12H17ClN2O2. The van der Waals surface area contributed by atoms with Crippen LogP contribution in [0.5, 0.6) is 0 Å². The number of halogens is 1. The maximum atomic E-state index is 11.7. The number of anilines is 1. The van der Waals surface area contributed by atoms with Crippen LogP contribution in [0.25, 0.3) is 0 Å². The Morgan fingerprint density at radius 3 is 3.00 bits per heavy atom. The Bertz CT molecular complexity index is 379. The Morgan fingerprint density at radius 2 is 2.35 bits per heavy atom. The van der Waals surface area contributed by atoms with Crippen LogP contribution in [-0.4, -0.2) is 25.2 Å². The van der Waals surface area contributed by atoms with Crippen LogP contribution < -0.4 is 11.1 Å². The summed E-state index contributed by atoms with van der Waals surface area (Å²) in [5.41, 5.74) is 6.81. The number of nitrogen functional groups attached to an aromatic ring is 1. The number of hydrogen-bond acceptors (Lipinski definition) is 3. The third-order valence-corrected chi connectivity index (χ3v) is 2.66. The van der Waals surface area contributed by atoms with E-state index in [-0.39, 0.29) is 24.4 Å². The Labute approximate surface area is 107 Å². The Balaban J connectivity index is 0.00000144. The van der Waals surface area contributed by atoms with E-state index in [2.05, 4.69) is 5.32 Å². The van der Waals surface area contributed by atoms with Gasteiger partial charge in [0.2, 0.25) is 0 Å². The number of ether oxygens (including phenoxy) is 1. The van der Waals surface area contributed by atoms with Gasteiger partial charge in [-0.15, -0.1) is 12.4 Å². The minimum absolute atomic E-state index is 0. The van der Waals surface area contributed by atoms with E-state index in [0.29, 0.717) is 17.8 Å². The van der Waals surface area contributed by atoms with Crippen LogP contribution in [0, 0.1) is 0 Å². The molecule has 1 amide bonds. The highest BCUT2D eigenvalue weighted by Crippen LogP contribution is 2.11. The molecule has 1 aliphatic heterocycles. The number of rotatable bonds is 3. The van der Waals surface area contributed by atoms with Crippen molar-refractivity contribution >= 4 is 24.0 Å². The van der Waals surface area contributed by atoms with E-state index < -0.39 is 0 Å². The molecule has 0 spiro atoms. The van der Waals surface area contributed by atoms with Crippen molar-refractivity contribution < 1.29 is 9.53 Å². The van der Waals surface area contributed by atoms with E-state index in [1.165, 1.54) is 0 Å². The first-order chi connectivity index (χ1) is 7.75. The first kappa shape index (κ1) is 13.8. The van der Waals surface area contributed by atoms with Crippen molar-refractivity contribution in [3.63, 3.8) is 0 Å². The van der Waals surface area contributed by atoms with Crippen LogP contribution in [0.1, 0.15) is 23.2 Å². The van der Waals surface area contributed by atoms with Crippen LogP contribution in [0.3, 0.4) is 0 Å². The van der Waals surface area contributed by atoms with Gasteiger partial charge in [0, 0.05) is 24.4 Å². The van der Waals surface area contributed by atoms with Gasteiger partial charge in [0.05, 0.1) is 6.10 Å². The van der Waals surface area contributed by atoms with Crippen LogP contribution in [0.2, 0.25) is 0 Å². The van der Waals surface area contributed by atoms with Crippen molar-refractivity contribution in [2.24, 2.45) is 0 Å². The van der Waals surface area contributed by atoms with E-state index in [0.717, 1.165) is 19.4 Å². The Hall–Kier alpha value is -1.26. The van der Waals surface area contributed by atoms with E-state index in [1.54, 1.807) is 24.3 Å². The second kappa shape index (κ2) is 6.47. The molecule has 1 saturated heterocycles. The lowest BCUT2D eigenvalue weighted by atomic mass is 10.2. The smallest absolute Gasteiger partial charge is 0.251 e. The minimum Gasteiger partial charge on any atom is -0.399 e. The fourth-order valence-corrected chi connectivity index (χ4v) is 1.79. The standard InChI is InChI=1S/C12H16N2O2.ClH/c13-10-4-1-3-9(7-10)12(15)14-8-11-5-2-6-16-11;/h1,3-4,7,11H,2,5-6,8,13H2,(H,14,15);1H. The second-order valence-corrected chi connectivity index (χ2v) is 3.97. The molecule has 1 fully saturated rings. The lowest BCUT2D eigenvalue weighted by molar-refractivity contribution is 0.0858. The number of nitrogens with two attached hydrogens (primary N) is 1. The lowest BCUT2D eigenvalue weighted by Crippen LogP contribution is -2.31. The molecule has 1 aromatic carbocycles. The summed E-state index contributed by atoms with van der Waals surface area (Å²) < 4.78 is 5.42. The number of nitrogens with one attached hydrogen (secondary N) is 1. The van der Waals surface area contributed by atoms with Gasteiger partial charge in [-0.25, -0.2) is 0 Å². The third-order valence-electron chi connectivity index (χ3n) is 2.66. The molecule has 94 valence electrons. The molecule has 1 heterocycles. The van der Waals surface area contributed by atoms with Gasteiger partial charge >= 0.3 is 0 Å². The summed E-state index contributed by atoms with van der Waals surface area (Å²) in [5.74, 6) is -0.0946. The van der Waals surface area contributed by atoms with Gasteiger partial charge in [-0.2, -0.15) is 0 Å². The number of carbonyl (C=O) groups excluding carboxylic acids is 1. The maximum Gasteiger partial charge on any atom is 0.251 e. The first-order valence-electron chi connectivity index (χ1n) is 5.51. The molecule has 1 unspecified atom stereocenters. The quantitative estimate of drug-likeness (QED) is 0.808. The van der Waals surface area contributed by atoms with E-state index >= 15 is 0 Å². The van der Waals surface area contributed by atoms with Crippen LogP contribution >= 0.6 is 12.4 Å². The monoisotopic (exact) mass is 256 g/mol. The average molecular weight is 257 g/mol. The van der Waals surface area contributed by atoms with Crippen LogP contribution in [0.15, 0.2) is 24.3 Å². The molecule has 5 heteroatoms. The zero-order valence-corrected chi connectivity index (χ0v) is 10.3. The molecule has 1 aliphatic rings. The predicted molar refractivity (Wildman–Crippen MR) is 69.4 cm³/mol. The van der Waals surface area contributed by atoms with Gasteiger partial charge in [-0.05, 0) is 31.0 Å². The van der Waals surface area contributed by atoms with E-state index in [1.807, 2.05) is 0 Å². The number of amides is 1. The van der Waals surface area contributed by atoms with Crippen LogP contribution in [0.4, 0.5) is 5.69 Å². The van der Waals surface area contributed by atoms with Crippen molar-refractivity contribution in [2.45, 2.75) is 18.9 Å². The molecule has 0 aliphatic carbocycles. The van der Waals surface area contributed by atoms with E-state index in [9.17, 15) is 4.79 Å². The summed E-state index contributed by atoms with van der Waals surface area (Å²) in [6.45, 7) is 1.38. The number of benzene rings is 1. The third kappa shape index (κ3) is 3.91. The molecule has 0 radical (unpaired) electrons. The van der Waals surface area contributed by atoms with Gasteiger partial charge in [0.25, 0.3) is 5.91 Å². The SMILES string of the molecule is Cl.Nc1cccc(C(=O)NCC2CCCO2)c1. The predicted octanol–water partition coefficient (Wildman–Crippen LogP) is 1.60. The molecule has 3 N–H and O–H groups in total. The van der Waals surface area contributed by atoms with Gasteiger partial charge in [-0.3, -0.25) is 4.79 Å². The van der Waals surface area contributed by atoms with Crippen molar-refractivity contribution in [2.75, 3.05) is 18.9 Å². The zero-order chi connectivity index (χ0) is 11.4. The number of carbonyl (C=O) groups is 1. The lowest BCUT2D eigenvalue weighted by Gasteiger charge is -2.10.